The van der Waals surface area contributed by atoms with Gasteiger partial charge >= 0.3 is 12.1 Å². The van der Waals surface area contributed by atoms with Gasteiger partial charge in [-0.3, -0.25) is 14.6 Å². The predicted molar refractivity (Wildman–Crippen MR) is 131 cm³/mol. The van der Waals surface area contributed by atoms with Crippen LogP contribution in [-0.2, 0) is 9.53 Å². The molecular weight excluding hydrogens is 430 g/mol. The average Bonchev–Trinajstić information content (AvgIpc) is 2.76. The fourth-order valence-corrected chi connectivity index (χ4v) is 5.06. The summed E-state index contributed by atoms with van der Waals surface area (Å²) in [4.78, 5) is 31.0. The van der Waals surface area contributed by atoms with Crippen molar-refractivity contribution in [2.24, 2.45) is 0 Å². The van der Waals surface area contributed by atoms with Crippen molar-refractivity contribution >= 4 is 12.1 Å². The molecule has 7 heteroatoms. The summed E-state index contributed by atoms with van der Waals surface area (Å²) in [5.41, 5.74) is 0.665. The molecule has 1 unspecified atom stereocenters. The van der Waals surface area contributed by atoms with Crippen molar-refractivity contribution in [3.05, 3.63) is 71.8 Å². The van der Waals surface area contributed by atoms with E-state index in [0.29, 0.717) is 13.1 Å². The number of nitrogens with zero attached hydrogens (tertiary/aromatic N) is 3. The van der Waals surface area contributed by atoms with E-state index in [1.807, 2.05) is 32.9 Å². The molecule has 7 nitrogen and oxygen atoms in total. The first-order chi connectivity index (χ1) is 16.1. The summed E-state index contributed by atoms with van der Waals surface area (Å²) in [5, 5.41) is 10.2. The Morgan fingerprint density at radius 3 is 1.97 bits per heavy atom. The molecule has 1 amide bonds. The molecule has 0 spiro atoms. The maximum atomic E-state index is 12.6. The van der Waals surface area contributed by atoms with E-state index in [4.69, 9.17) is 4.74 Å². The van der Waals surface area contributed by atoms with Crippen LogP contribution in [0.4, 0.5) is 4.79 Å². The molecule has 0 radical (unpaired) electrons. The van der Waals surface area contributed by atoms with E-state index in [2.05, 4.69) is 58.3 Å². The molecule has 0 aliphatic carbocycles. The Balaban J connectivity index is 1.49. The normalized spacial score (nSPS) is 22.4. The average molecular weight is 466 g/mol. The molecule has 1 atom stereocenters. The number of hydrogen-bond acceptors (Lipinski definition) is 5. The van der Waals surface area contributed by atoms with Crippen LogP contribution in [0, 0.1) is 0 Å². The molecule has 2 aliphatic heterocycles. The number of carboxylic acids is 1. The minimum atomic E-state index is -1.17. The first-order valence-electron chi connectivity index (χ1n) is 11.9. The van der Waals surface area contributed by atoms with Gasteiger partial charge in [-0.05, 0) is 38.8 Å². The quantitative estimate of drug-likeness (QED) is 0.723. The highest BCUT2D eigenvalue weighted by molar-refractivity contribution is 5.80. The van der Waals surface area contributed by atoms with Gasteiger partial charge in [0.1, 0.15) is 11.1 Å². The number of amides is 1. The monoisotopic (exact) mass is 465 g/mol. The van der Waals surface area contributed by atoms with Crippen LogP contribution >= 0.6 is 0 Å². The van der Waals surface area contributed by atoms with Gasteiger partial charge in [-0.1, -0.05) is 60.7 Å². The number of hydrogen-bond donors (Lipinski definition) is 1. The van der Waals surface area contributed by atoms with E-state index in [1.165, 1.54) is 16.0 Å². The lowest BCUT2D eigenvalue weighted by atomic mass is 9.88. The van der Waals surface area contributed by atoms with Crippen molar-refractivity contribution in [2.75, 3.05) is 32.7 Å². The second-order valence-corrected chi connectivity index (χ2v) is 10.5. The molecule has 4 rings (SSSR count). The highest BCUT2D eigenvalue weighted by atomic mass is 16.6. The van der Waals surface area contributed by atoms with E-state index < -0.39 is 23.2 Å². The molecule has 34 heavy (non-hydrogen) atoms. The van der Waals surface area contributed by atoms with Crippen molar-refractivity contribution in [3.63, 3.8) is 0 Å². The summed E-state index contributed by atoms with van der Waals surface area (Å²) in [6, 6.07) is 21.1. The van der Waals surface area contributed by atoms with Crippen LogP contribution in [0.1, 0.15) is 44.9 Å². The van der Waals surface area contributed by atoms with Crippen molar-refractivity contribution in [1.29, 1.82) is 0 Å². The van der Waals surface area contributed by atoms with E-state index in [1.54, 1.807) is 6.92 Å². The minimum absolute atomic E-state index is 0.106. The molecule has 2 aromatic carbocycles. The Labute approximate surface area is 201 Å². The third kappa shape index (κ3) is 4.95. The number of rotatable bonds is 5. The molecule has 0 saturated carbocycles. The highest BCUT2D eigenvalue weighted by Gasteiger charge is 2.51. The third-order valence-corrected chi connectivity index (χ3v) is 6.78. The number of likely N-dealkylation sites (tertiary alicyclic amines) is 1. The van der Waals surface area contributed by atoms with Gasteiger partial charge < -0.3 is 14.7 Å². The summed E-state index contributed by atoms with van der Waals surface area (Å²) in [6.07, 6.45) is -0.455. The largest absolute Gasteiger partial charge is 0.480 e. The first-order valence-corrected chi connectivity index (χ1v) is 11.9. The fraction of sp³-hybridized carbons (Fsp3) is 0.481. The van der Waals surface area contributed by atoms with Gasteiger partial charge in [-0.15, -0.1) is 0 Å². The van der Waals surface area contributed by atoms with Gasteiger partial charge in [-0.2, -0.15) is 0 Å². The van der Waals surface area contributed by atoms with E-state index in [-0.39, 0.29) is 18.6 Å². The molecule has 1 N–H and O–H groups in total. The summed E-state index contributed by atoms with van der Waals surface area (Å²) in [7, 11) is 0. The van der Waals surface area contributed by atoms with E-state index >= 15 is 0 Å². The number of carboxylic acid groups (broad SMARTS) is 1. The first kappa shape index (κ1) is 24.2. The summed E-state index contributed by atoms with van der Waals surface area (Å²) in [5.74, 6) is -0.915. The SMILES string of the molecule is CC(C)(C)OC(=O)N1CCN(C2CN(C(c3ccccc3)c3ccccc3)C2)C(C)(C(=O)O)C1. The van der Waals surface area contributed by atoms with Gasteiger partial charge in [0.2, 0.25) is 0 Å². The van der Waals surface area contributed by atoms with Crippen molar-refractivity contribution in [2.45, 2.75) is 50.9 Å². The van der Waals surface area contributed by atoms with Crippen LogP contribution in [0.25, 0.3) is 0 Å². The topological polar surface area (TPSA) is 73.3 Å². The Morgan fingerprint density at radius 2 is 1.50 bits per heavy atom. The molecule has 2 saturated heterocycles. The van der Waals surface area contributed by atoms with Gasteiger partial charge in [0.15, 0.2) is 0 Å². The summed E-state index contributed by atoms with van der Waals surface area (Å²) in [6.45, 7) is 9.77. The van der Waals surface area contributed by atoms with E-state index in [0.717, 1.165) is 13.1 Å². The van der Waals surface area contributed by atoms with Crippen LogP contribution < -0.4 is 0 Å². The minimum Gasteiger partial charge on any atom is -0.480 e. The van der Waals surface area contributed by atoms with Gasteiger partial charge in [0.25, 0.3) is 0 Å². The van der Waals surface area contributed by atoms with Crippen LogP contribution in [0.2, 0.25) is 0 Å². The Kier molecular flexibility index (Phi) is 6.69. The second kappa shape index (κ2) is 9.39. The number of benzene rings is 2. The van der Waals surface area contributed by atoms with Gasteiger partial charge in [0, 0.05) is 32.2 Å². The van der Waals surface area contributed by atoms with Crippen LogP contribution in [0.3, 0.4) is 0 Å². The molecule has 2 aromatic rings. The molecule has 0 aromatic heterocycles. The smallest absolute Gasteiger partial charge is 0.410 e. The van der Waals surface area contributed by atoms with Gasteiger partial charge in [0.05, 0.1) is 12.6 Å². The molecule has 0 bridgehead atoms. The lowest BCUT2D eigenvalue weighted by molar-refractivity contribution is -0.162. The summed E-state index contributed by atoms with van der Waals surface area (Å²) < 4.78 is 5.50. The number of carbonyl (C=O) groups is 2. The zero-order valence-electron chi connectivity index (χ0n) is 20.5. The lowest BCUT2D eigenvalue weighted by Gasteiger charge is -2.56. The molecule has 2 fully saturated rings. The maximum absolute atomic E-state index is 12.6. The Bertz CT molecular complexity index is 962. The van der Waals surface area contributed by atoms with Crippen molar-refractivity contribution < 1.29 is 19.4 Å². The number of carbonyl (C=O) groups excluding carboxylic acids is 1. The van der Waals surface area contributed by atoms with Crippen LogP contribution in [0.5, 0.6) is 0 Å². The lowest BCUT2D eigenvalue weighted by Crippen LogP contribution is -2.73. The number of aliphatic carboxylic acids is 1. The fourth-order valence-electron chi connectivity index (χ4n) is 5.06. The zero-order chi connectivity index (χ0) is 24.5. The third-order valence-electron chi connectivity index (χ3n) is 6.78. The molecule has 2 heterocycles. The standard InChI is InChI=1S/C27H35N3O4/c1-26(2,3)34-25(33)28-15-16-30(27(4,19-28)24(31)32)22-17-29(18-22)23(20-11-7-5-8-12-20)21-13-9-6-10-14-21/h5-14,22-23H,15-19H2,1-4H3,(H,31,32). The van der Waals surface area contributed by atoms with Crippen molar-refractivity contribution in [3.8, 4) is 0 Å². The molecular formula is C27H35N3O4. The number of ether oxygens (including phenoxy) is 1. The number of piperazine rings is 1. The second-order valence-electron chi connectivity index (χ2n) is 10.5. The Morgan fingerprint density at radius 1 is 0.971 bits per heavy atom. The molecule has 182 valence electrons. The Hall–Kier alpha value is -2.90. The van der Waals surface area contributed by atoms with Crippen molar-refractivity contribution in [1.82, 2.24) is 14.7 Å². The highest BCUT2D eigenvalue weighted by Crippen LogP contribution is 2.36. The maximum Gasteiger partial charge on any atom is 0.410 e. The van der Waals surface area contributed by atoms with Crippen LogP contribution in [0.15, 0.2) is 60.7 Å². The summed E-state index contributed by atoms with van der Waals surface area (Å²) >= 11 is 0. The zero-order valence-corrected chi connectivity index (χ0v) is 20.5. The predicted octanol–water partition coefficient (Wildman–Crippen LogP) is 3.86. The molecule has 2 aliphatic rings. The van der Waals surface area contributed by atoms with Gasteiger partial charge in [-0.25, -0.2) is 4.79 Å². The van der Waals surface area contributed by atoms with E-state index in [9.17, 15) is 14.7 Å². The van der Waals surface area contributed by atoms with Crippen LogP contribution in [-0.4, -0.2) is 81.8 Å².